The predicted molar refractivity (Wildman–Crippen MR) is 99.4 cm³/mol. The first kappa shape index (κ1) is 19.2. The van der Waals surface area contributed by atoms with Gasteiger partial charge in [-0.1, -0.05) is 30.3 Å². The Kier molecular flexibility index (Phi) is 8.22. The van der Waals surface area contributed by atoms with Crippen LogP contribution in [0.5, 0.6) is 0 Å². The molecule has 0 bridgehead atoms. The second-order valence-corrected chi connectivity index (χ2v) is 6.33. The number of benzene rings is 1. The van der Waals surface area contributed by atoms with E-state index in [0.717, 1.165) is 26.1 Å². The predicted octanol–water partition coefficient (Wildman–Crippen LogP) is 1.99. The fourth-order valence-corrected chi connectivity index (χ4v) is 2.94. The number of rotatable bonds is 9. The summed E-state index contributed by atoms with van der Waals surface area (Å²) in [5, 5.41) is 6.27. The fraction of sp³-hybridized carbons (Fsp3) is 0.579. The zero-order valence-electron chi connectivity index (χ0n) is 15.0. The zero-order chi connectivity index (χ0) is 17.9. The lowest BCUT2D eigenvalue weighted by Gasteiger charge is -2.16. The highest BCUT2D eigenvalue weighted by Gasteiger charge is 2.28. The Bertz CT molecular complexity index is 550. The van der Waals surface area contributed by atoms with Crippen molar-refractivity contribution in [2.24, 2.45) is 10.9 Å². The second kappa shape index (κ2) is 10.7. The summed E-state index contributed by atoms with van der Waals surface area (Å²) in [6, 6.07) is 10.2. The van der Waals surface area contributed by atoms with E-state index in [2.05, 4.69) is 27.8 Å². The molecule has 1 aliphatic rings. The third kappa shape index (κ3) is 6.72. The molecule has 0 saturated carbocycles. The highest BCUT2D eigenvalue weighted by molar-refractivity contribution is 5.80. The summed E-state index contributed by atoms with van der Waals surface area (Å²) in [5.41, 5.74) is 1.25. The van der Waals surface area contributed by atoms with Gasteiger partial charge >= 0.3 is 0 Å². The lowest BCUT2D eigenvalue weighted by molar-refractivity contribution is -0.127. The molecule has 0 aliphatic carbocycles. The van der Waals surface area contributed by atoms with Crippen LogP contribution in [0.15, 0.2) is 35.3 Å². The van der Waals surface area contributed by atoms with Gasteiger partial charge in [-0.3, -0.25) is 14.2 Å². The van der Waals surface area contributed by atoms with Gasteiger partial charge in [-0.05, 0) is 25.3 Å². The summed E-state index contributed by atoms with van der Waals surface area (Å²) in [6.45, 7) is 5.12. The Balaban J connectivity index is 1.78. The first-order valence-corrected chi connectivity index (χ1v) is 9.12. The number of aliphatic imine (C=N–C) groups is 1. The quantitative estimate of drug-likeness (QED) is 0.408. The number of alkyl halides is 1. The maximum absolute atomic E-state index is 12.2. The minimum absolute atomic E-state index is 0.214. The maximum Gasteiger partial charge on any atom is 0.223 e. The lowest BCUT2D eigenvalue weighted by atomic mass is 10.1. The Morgan fingerprint density at radius 3 is 2.84 bits per heavy atom. The van der Waals surface area contributed by atoms with Gasteiger partial charge in [0.15, 0.2) is 5.96 Å². The van der Waals surface area contributed by atoms with E-state index in [1.165, 1.54) is 5.56 Å². The summed E-state index contributed by atoms with van der Waals surface area (Å²) in [4.78, 5) is 18.7. The van der Waals surface area contributed by atoms with Crippen molar-refractivity contribution in [3.05, 3.63) is 35.9 Å². The van der Waals surface area contributed by atoms with Crippen molar-refractivity contribution in [2.45, 2.75) is 26.2 Å². The molecule has 1 unspecified atom stereocenters. The van der Waals surface area contributed by atoms with Crippen LogP contribution in [0, 0.1) is 5.92 Å². The zero-order valence-corrected chi connectivity index (χ0v) is 15.0. The van der Waals surface area contributed by atoms with Gasteiger partial charge in [0.2, 0.25) is 5.91 Å². The van der Waals surface area contributed by atoms with Gasteiger partial charge in [-0.25, -0.2) is 0 Å². The number of hydrogen-bond acceptors (Lipinski definition) is 2. The minimum atomic E-state index is -0.333. The van der Waals surface area contributed by atoms with Crippen LogP contribution in [0.25, 0.3) is 0 Å². The van der Waals surface area contributed by atoms with Crippen LogP contribution >= 0.6 is 0 Å². The van der Waals surface area contributed by atoms with Crippen molar-refractivity contribution in [3.8, 4) is 0 Å². The van der Waals surface area contributed by atoms with Crippen molar-refractivity contribution >= 4 is 11.9 Å². The standard InChI is InChI=1S/C19H29FN4O/c1-2-21-19(22-11-6-10-20)23-14-17-13-18(25)24(15-17)12-9-16-7-4-3-5-8-16/h3-5,7-8,17H,2,6,9-15H2,1H3,(H2,21,22,23). The molecule has 1 aromatic carbocycles. The topological polar surface area (TPSA) is 56.7 Å². The molecule has 1 saturated heterocycles. The van der Waals surface area contributed by atoms with Crippen molar-refractivity contribution in [2.75, 3.05) is 39.4 Å². The first-order valence-electron chi connectivity index (χ1n) is 9.12. The summed E-state index contributed by atoms with van der Waals surface area (Å²) >= 11 is 0. The van der Waals surface area contributed by atoms with Gasteiger partial charge in [0.1, 0.15) is 0 Å². The number of guanidine groups is 1. The molecular formula is C19H29FN4O. The van der Waals surface area contributed by atoms with Crippen LogP contribution < -0.4 is 10.6 Å². The van der Waals surface area contributed by atoms with Crippen molar-refractivity contribution in [1.29, 1.82) is 0 Å². The molecule has 1 atom stereocenters. The van der Waals surface area contributed by atoms with Crippen LogP contribution in [-0.4, -0.2) is 56.2 Å². The molecule has 1 heterocycles. The lowest BCUT2D eigenvalue weighted by Crippen LogP contribution is -2.38. The van der Waals surface area contributed by atoms with Crippen LogP contribution in [0.2, 0.25) is 0 Å². The molecule has 1 aromatic rings. The molecule has 0 spiro atoms. The van der Waals surface area contributed by atoms with Gasteiger partial charge in [-0.15, -0.1) is 0 Å². The Morgan fingerprint density at radius 1 is 1.32 bits per heavy atom. The molecule has 1 aliphatic heterocycles. The van der Waals surface area contributed by atoms with Gasteiger partial charge in [0.25, 0.3) is 0 Å². The van der Waals surface area contributed by atoms with Crippen molar-refractivity contribution in [3.63, 3.8) is 0 Å². The number of carbonyl (C=O) groups excluding carboxylic acids is 1. The summed E-state index contributed by atoms with van der Waals surface area (Å²) in [5.74, 6) is 1.16. The molecular weight excluding hydrogens is 319 g/mol. The van der Waals surface area contributed by atoms with Crippen LogP contribution in [0.1, 0.15) is 25.3 Å². The summed E-state index contributed by atoms with van der Waals surface area (Å²) in [7, 11) is 0. The molecule has 1 amide bonds. The van der Waals surface area contributed by atoms with Gasteiger partial charge in [0.05, 0.1) is 6.67 Å². The van der Waals surface area contributed by atoms with Crippen LogP contribution in [-0.2, 0) is 11.2 Å². The van der Waals surface area contributed by atoms with Crippen LogP contribution in [0.4, 0.5) is 4.39 Å². The third-order valence-corrected chi connectivity index (χ3v) is 4.26. The highest BCUT2D eigenvalue weighted by Crippen LogP contribution is 2.18. The number of amides is 1. The molecule has 0 aromatic heterocycles. The largest absolute Gasteiger partial charge is 0.357 e. The van der Waals surface area contributed by atoms with E-state index in [1.807, 2.05) is 30.0 Å². The monoisotopic (exact) mass is 348 g/mol. The number of nitrogens with one attached hydrogen (secondary N) is 2. The van der Waals surface area contributed by atoms with Gasteiger partial charge < -0.3 is 15.5 Å². The molecule has 138 valence electrons. The highest BCUT2D eigenvalue weighted by atomic mass is 19.1. The van der Waals surface area contributed by atoms with E-state index in [0.29, 0.717) is 31.9 Å². The molecule has 1 fully saturated rings. The molecule has 2 rings (SSSR count). The number of halogens is 1. The second-order valence-electron chi connectivity index (χ2n) is 6.33. The Labute approximate surface area is 149 Å². The average Bonchev–Trinajstić information content (AvgIpc) is 2.99. The smallest absolute Gasteiger partial charge is 0.223 e. The minimum Gasteiger partial charge on any atom is -0.357 e. The molecule has 25 heavy (non-hydrogen) atoms. The number of carbonyl (C=O) groups is 1. The Morgan fingerprint density at radius 2 is 2.12 bits per heavy atom. The summed E-state index contributed by atoms with van der Waals surface area (Å²) < 4.78 is 12.2. The fourth-order valence-electron chi connectivity index (χ4n) is 2.94. The normalized spacial score (nSPS) is 17.8. The van der Waals surface area contributed by atoms with Gasteiger partial charge in [0, 0.05) is 45.1 Å². The Hall–Kier alpha value is -2.11. The number of nitrogens with zero attached hydrogens (tertiary/aromatic N) is 2. The van der Waals surface area contributed by atoms with E-state index in [4.69, 9.17) is 0 Å². The van der Waals surface area contributed by atoms with E-state index < -0.39 is 0 Å². The van der Waals surface area contributed by atoms with Gasteiger partial charge in [-0.2, -0.15) is 0 Å². The SMILES string of the molecule is CCNC(=NCC1CC(=O)N(CCc2ccccc2)C1)NCCCF. The van der Waals surface area contributed by atoms with Crippen molar-refractivity contribution < 1.29 is 9.18 Å². The maximum atomic E-state index is 12.2. The van der Waals surface area contributed by atoms with E-state index in [9.17, 15) is 9.18 Å². The van der Waals surface area contributed by atoms with Crippen molar-refractivity contribution in [1.82, 2.24) is 15.5 Å². The van der Waals surface area contributed by atoms with Crippen LogP contribution in [0.3, 0.4) is 0 Å². The summed E-state index contributed by atoms with van der Waals surface area (Å²) in [6.07, 6.45) is 1.91. The molecule has 0 radical (unpaired) electrons. The first-order chi connectivity index (χ1) is 12.2. The molecule has 5 nitrogen and oxygen atoms in total. The third-order valence-electron chi connectivity index (χ3n) is 4.26. The van der Waals surface area contributed by atoms with E-state index >= 15 is 0 Å². The number of likely N-dealkylation sites (tertiary alicyclic amines) is 1. The van der Waals surface area contributed by atoms with E-state index in [-0.39, 0.29) is 18.5 Å². The molecule has 2 N–H and O–H groups in total. The average molecular weight is 348 g/mol. The van der Waals surface area contributed by atoms with E-state index in [1.54, 1.807) is 0 Å². The molecule has 6 heteroatoms. The number of hydrogen-bond donors (Lipinski definition) is 2.